The van der Waals surface area contributed by atoms with Gasteiger partial charge in [0.2, 0.25) is 5.91 Å². The fourth-order valence-electron chi connectivity index (χ4n) is 6.10. The summed E-state index contributed by atoms with van der Waals surface area (Å²) in [6.45, 7) is 0.691. The molecule has 1 aromatic carbocycles. The minimum Gasteiger partial charge on any atom is -0.339 e. The molecule has 0 unspecified atom stereocenters. The smallest absolute Gasteiger partial charge is 0.339 e. The summed E-state index contributed by atoms with van der Waals surface area (Å²) in [5, 5.41) is 4.79. The number of hydrogen-bond donors (Lipinski definition) is 1. The maximum absolute atomic E-state index is 14.3. The SMILES string of the molecule is CN(C(=O)C1CCS(=N)(=O)CC1)[C@@H](c1ccc(N2CCC3(CC3)c3c2cnc2cc(Cl)nn32)cc1)C(F)(F)F. The zero-order valence-corrected chi connectivity index (χ0v) is 22.8. The van der Waals surface area contributed by atoms with Crippen LogP contribution in [0.2, 0.25) is 5.15 Å². The molecule has 0 bridgehead atoms. The highest BCUT2D eigenvalue weighted by molar-refractivity contribution is 7.92. The van der Waals surface area contributed by atoms with Crippen LogP contribution in [0.15, 0.2) is 36.5 Å². The van der Waals surface area contributed by atoms with E-state index in [-0.39, 0.29) is 35.3 Å². The van der Waals surface area contributed by atoms with Crippen LogP contribution in [0.3, 0.4) is 0 Å². The van der Waals surface area contributed by atoms with E-state index in [1.54, 1.807) is 28.9 Å². The third kappa shape index (κ3) is 4.65. The lowest BCUT2D eigenvalue weighted by atomic mass is 9.91. The van der Waals surface area contributed by atoms with E-state index in [1.165, 1.54) is 19.2 Å². The second-order valence-electron chi connectivity index (χ2n) is 10.9. The predicted octanol–water partition coefficient (Wildman–Crippen LogP) is 5.47. The molecule has 1 aliphatic carbocycles. The average Bonchev–Trinajstić information content (AvgIpc) is 3.53. The Bertz CT molecular complexity index is 1540. The van der Waals surface area contributed by atoms with Crippen LogP contribution in [-0.2, 0) is 19.9 Å². The third-order valence-corrected chi connectivity index (χ3v) is 10.4. The van der Waals surface area contributed by atoms with Gasteiger partial charge in [-0.1, -0.05) is 23.7 Å². The summed E-state index contributed by atoms with van der Waals surface area (Å²) >= 11 is 6.16. The van der Waals surface area contributed by atoms with Gasteiger partial charge in [0.15, 0.2) is 16.8 Å². The van der Waals surface area contributed by atoms with Gasteiger partial charge in [-0.2, -0.15) is 18.3 Å². The predicted molar refractivity (Wildman–Crippen MR) is 142 cm³/mol. The van der Waals surface area contributed by atoms with Gasteiger partial charge in [-0.05, 0) is 49.8 Å². The number of amides is 1. The van der Waals surface area contributed by atoms with Crippen LogP contribution in [-0.4, -0.2) is 60.9 Å². The van der Waals surface area contributed by atoms with Crippen LogP contribution < -0.4 is 4.90 Å². The second-order valence-corrected chi connectivity index (χ2v) is 13.7. The molecule has 2 fully saturated rings. The van der Waals surface area contributed by atoms with Gasteiger partial charge in [-0.15, -0.1) is 0 Å². The van der Waals surface area contributed by atoms with Crippen molar-refractivity contribution in [1.82, 2.24) is 19.5 Å². The molecule has 39 heavy (non-hydrogen) atoms. The molecule has 3 aromatic rings. The quantitative estimate of drug-likeness (QED) is 0.441. The average molecular weight is 581 g/mol. The normalized spacial score (nSPS) is 24.9. The monoisotopic (exact) mass is 580 g/mol. The molecule has 4 heterocycles. The summed E-state index contributed by atoms with van der Waals surface area (Å²) in [4.78, 5) is 20.3. The number of aromatic nitrogens is 3. The molecule has 1 atom stereocenters. The second kappa shape index (κ2) is 9.09. The Balaban J connectivity index is 1.29. The molecule has 1 saturated heterocycles. The van der Waals surface area contributed by atoms with Gasteiger partial charge in [-0.3, -0.25) is 9.57 Å². The number of fused-ring (bicyclic) bond motifs is 4. The Morgan fingerprint density at radius 1 is 1.21 bits per heavy atom. The van der Waals surface area contributed by atoms with Crippen LogP contribution in [0.1, 0.15) is 49.4 Å². The molecule has 2 aliphatic heterocycles. The van der Waals surface area contributed by atoms with E-state index in [0.717, 1.165) is 41.2 Å². The zero-order valence-electron chi connectivity index (χ0n) is 21.2. The summed E-state index contributed by atoms with van der Waals surface area (Å²) in [5.41, 5.74) is 3.25. The van der Waals surface area contributed by atoms with E-state index in [1.807, 2.05) is 4.90 Å². The first kappa shape index (κ1) is 26.4. The Morgan fingerprint density at radius 2 is 1.87 bits per heavy atom. The minimum absolute atomic E-state index is 0.0130. The van der Waals surface area contributed by atoms with Crippen molar-refractivity contribution in [2.24, 2.45) is 5.92 Å². The molecular formula is C26H28ClF3N6O2S. The number of carbonyl (C=O) groups is 1. The van der Waals surface area contributed by atoms with Crippen LogP contribution >= 0.6 is 11.6 Å². The topological polar surface area (TPSA) is 94.7 Å². The number of benzene rings is 1. The molecule has 13 heteroatoms. The molecule has 8 nitrogen and oxygen atoms in total. The number of alkyl halides is 3. The highest BCUT2D eigenvalue weighted by Gasteiger charge is 2.51. The highest BCUT2D eigenvalue weighted by atomic mass is 35.5. The molecular weight excluding hydrogens is 553 g/mol. The van der Waals surface area contributed by atoms with Gasteiger partial charge >= 0.3 is 6.18 Å². The number of carbonyl (C=O) groups excluding carboxylic acids is 1. The lowest BCUT2D eigenvalue weighted by Gasteiger charge is -2.36. The van der Waals surface area contributed by atoms with Crippen LogP contribution in [0.5, 0.6) is 0 Å². The minimum atomic E-state index is -4.69. The van der Waals surface area contributed by atoms with Gasteiger partial charge in [0.25, 0.3) is 0 Å². The van der Waals surface area contributed by atoms with Crippen molar-refractivity contribution in [1.29, 1.82) is 4.78 Å². The van der Waals surface area contributed by atoms with E-state index in [4.69, 9.17) is 16.4 Å². The molecule has 2 aromatic heterocycles. The fraction of sp³-hybridized carbons (Fsp3) is 0.500. The van der Waals surface area contributed by atoms with Crippen molar-refractivity contribution in [3.63, 3.8) is 0 Å². The zero-order chi connectivity index (χ0) is 27.7. The summed E-state index contributed by atoms with van der Waals surface area (Å²) in [6, 6.07) is 5.74. The first-order valence-electron chi connectivity index (χ1n) is 12.9. The number of halogens is 4. The van der Waals surface area contributed by atoms with Crippen molar-refractivity contribution >= 4 is 44.3 Å². The number of anilines is 2. The van der Waals surface area contributed by atoms with E-state index in [0.29, 0.717) is 17.3 Å². The van der Waals surface area contributed by atoms with Crippen molar-refractivity contribution in [3.8, 4) is 0 Å². The maximum atomic E-state index is 14.3. The Labute approximate surface area is 229 Å². The molecule has 1 spiro atoms. The molecule has 1 amide bonds. The summed E-state index contributed by atoms with van der Waals surface area (Å²) < 4.78 is 64.3. The van der Waals surface area contributed by atoms with Gasteiger partial charge < -0.3 is 9.80 Å². The van der Waals surface area contributed by atoms with Crippen molar-refractivity contribution in [3.05, 3.63) is 52.9 Å². The first-order valence-corrected chi connectivity index (χ1v) is 15.2. The Morgan fingerprint density at radius 3 is 2.49 bits per heavy atom. The number of nitrogens with one attached hydrogen (secondary N) is 1. The highest BCUT2D eigenvalue weighted by Crippen LogP contribution is 2.57. The van der Waals surface area contributed by atoms with E-state index in [2.05, 4.69) is 10.1 Å². The molecule has 208 valence electrons. The standard InChI is InChI=1S/C26H28ClF3N6O2S/c1-34(24(37)17-6-12-39(31,38)13-7-17)22(26(28,29)30)16-2-4-18(5-3-16)35-11-10-25(8-9-25)23-19(35)15-32-21-14-20(27)33-36(21)23/h2-5,14-15,17,22,31H,6-13H2,1H3/t17?,22-,39?/m0/s1. The lowest BCUT2D eigenvalue weighted by molar-refractivity contribution is -0.190. The molecule has 3 aliphatic rings. The summed E-state index contributed by atoms with van der Waals surface area (Å²) in [5.74, 6) is -1.23. The fourth-order valence-corrected chi connectivity index (χ4v) is 7.81. The number of rotatable bonds is 4. The molecule has 6 rings (SSSR count). The van der Waals surface area contributed by atoms with Gasteiger partial charge in [-0.25, -0.2) is 13.7 Å². The summed E-state index contributed by atoms with van der Waals surface area (Å²) in [7, 11) is -1.57. The Kier molecular flexibility index (Phi) is 6.14. The maximum Gasteiger partial charge on any atom is 0.413 e. The van der Waals surface area contributed by atoms with E-state index in [9.17, 15) is 22.2 Å². The van der Waals surface area contributed by atoms with Crippen molar-refractivity contribution in [2.45, 2.75) is 49.7 Å². The van der Waals surface area contributed by atoms with E-state index >= 15 is 0 Å². The first-order chi connectivity index (χ1) is 18.4. The summed E-state index contributed by atoms with van der Waals surface area (Å²) in [6.07, 6.45) is 0.372. The van der Waals surface area contributed by atoms with Crippen LogP contribution in [0.25, 0.3) is 5.65 Å². The van der Waals surface area contributed by atoms with Gasteiger partial charge in [0, 0.05) is 57.9 Å². The molecule has 1 saturated carbocycles. The molecule has 0 radical (unpaired) electrons. The third-order valence-electron chi connectivity index (χ3n) is 8.40. The number of hydrogen-bond acceptors (Lipinski definition) is 6. The van der Waals surface area contributed by atoms with Gasteiger partial charge in [0.05, 0.1) is 17.6 Å². The van der Waals surface area contributed by atoms with Crippen molar-refractivity contribution < 1.29 is 22.2 Å². The van der Waals surface area contributed by atoms with Crippen molar-refractivity contribution in [2.75, 3.05) is 30.0 Å². The number of nitrogens with zero attached hydrogens (tertiary/aromatic N) is 5. The molecule has 1 N–H and O–H groups in total. The van der Waals surface area contributed by atoms with Gasteiger partial charge in [0.1, 0.15) is 0 Å². The largest absolute Gasteiger partial charge is 0.413 e. The van der Waals surface area contributed by atoms with Crippen LogP contribution in [0.4, 0.5) is 24.5 Å². The van der Waals surface area contributed by atoms with E-state index < -0.39 is 33.8 Å². The lowest BCUT2D eigenvalue weighted by Crippen LogP contribution is -2.44. The Hall–Kier alpha value is -2.86. The van der Waals surface area contributed by atoms with Crippen LogP contribution in [0, 0.1) is 10.7 Å².